The van der Waals surface area contributed by atoms with Crippen molar-refractivity contribution in [3.8, 4) is 0 Å². The predicted octanol–water partition coefficient (Wildman–Crippen LogP) is 2.65. The van der Waals surface area contributed by atoms with Crippen molar-refractivity contribution in [2.24, 2.45) is 0 Å². The summed E-state index contributed by atoms with van der Waals surface area (Å²) in [4.78, 5) is 30.4. The maximum Gasteiger partial charge on any atom is 0.256 e. The molecule has 0 spiro atoms. The Morgan fingerprint density at radius 3 is 2.53 bits per heavy atom. The molecule has 1 fully saturated rings. The normalized spacial score (nSPS) is 14.5. The van der Waals surface area contributed by atoms with Gasteiger partial charge < -0.3 is 19.9 Å². The molecule has 0 saturated carbocycles. The molecule has 1 amide bonds. The number of amides is 1. The first-order valence-corrected chi connectivity index (χ1v) is 12.7. The molecule has 1 saturated heterocycles. The van der Waals surface area contributed by atoms with E-state index in [1.54, 1.807) is 19.9 Å². The standard InChI is InChI=1S/C24H28N4O5S/c1-3-28(4-2)34(31,32)19-8-9-22-20(15-19)21(16-23(29)26-22)24(30)25-17-6-5-7-18(14-17)27-10-12-33-13-11-27/h5-9,14-16H,3-4,10-13H2,1-2H3,(H,25,30)(H,26,29). The zero-order valence-corrected chi connectivity index (χ0v) is 20.0. The van der Waals surface area contributed by atoms with E-state index in [1.165, 1.54) is 28.6 Å². The number of morpholine rings is 1. The molecule has 34 heavy (non-hydrogen) atoms. The van der Waals surface area contributed by atoms with Crippen LogP contribution in [0, 0.1) is 0 Å². The third kappa shape index (κ3) is 4.84. The molecule has 1 aromatic heterocycles. The van der Waals surface area contributed by atoms with Crippen LogP contribution in [0.3, 0.4) is 0 Å². The lowest BCUT2D eigenvalue weighted by Gasteiger charge is -2.29. The summed E-state index contributed by atoms with van der Waals surface area (Å²) in [5.41, 5.74) is 1.59. The molecule has 180 valence electrons. The van der Waals surface area contributed by atoms with Gasteiger partial charge in [0.1, 0.15) is 0 Å². The number of pyridine rings is 1. The average molecular weight is 485 g/mol. The minimum atomic E-state index is -3.73. The summed E-state index contributed by atoms with van der Waals surface area (Å²) in [6.07, 6.45) is 0. The van der Waals surface area contributed by atoms with Crippen molar-refractivity contribution in [3.05, 3.63) is 64.4 Å². The average Bonchev–Trinajstić information content (AvgIpc) is 2.84. The van der Waals surface area contributed by atoms with Crippen molar-refractivity contribution >= 4 is 38.2 Å². The smallest absolute Gasteiger partial charge is 0.256 e. The molecular formula is C24H28N4O5S. The molecular weight excluding hydrogens is 456 g/mol. The molecule has 2 aromatic carbocycles. The molecule has 3 aromatic rings. The molecule has 0 aliphatic carbocycles. The number of nitrogens with one attached hydrogen (secondary N) is 2. The first-order chi connectivity index (χ1) is 16.3. The van der Waals surface area contributed by atoms with Gasteiger partial charge in [-0.1, -0.05) is 19.9 Å². The highest BCUT2D eigenvalue weighted by Gasteiger charge is 2.23. The Hall–Kier alpha value is -3.21. The van der Waals surface area contributed by atoms with Crippen molar-refractivity contribution in [1.29, 1.82) is 0 Å². The summed E-state index contributed by atoms with van der Waals surface area (Å²) in [6.45, 7) is 7.01. The second kappa shape index (κ2) is 9.96. The Labute approximate surface area is 198 Å². The first-order valence-electron chi connectivity index (χ1n) is 11.2. The van der Waals surface area contributed by atoms with Gasteiger partial charge in [0.25, 0.3) is 5.91 Å². The number of carbonyl (C=O) groups excluding carboxylic acids is 1. The van der Waals surface area contributed by atoms with Gasteiger partial charge in [-0.05, 0) is 36.4 Å². The number of carbonyl (C=O) groups is 1. The number of sulfonamides is 1. The summed E-state index contributed by atoms with van der Waals surface area (Å²) in [5, 5.41) is 3.21. The highest BCUT2D eigenvalue weighted by Crippen LogP contribution is 2.25. The Kier molecular flexibility index (Phi) is 7.01. The number of hydrogen-bond acceptors (Lipinski definition) is 6. The lowest BCUT2D eigenvalue weighted by Crippen LogP contribution is -2.36. The van der Waals surface area contributed by atoms with E-state index in [9.17, 15) is 18.0 Å². The fraction of sp³-hybridized carbons (Fsp3) is 0.333. The molecule has 2 heterocycles. The number of fused-ring (bicyclic) bond motifs is 1. The lowest BCUT2D eigenvalue weighted by atomic mass is 10.1. The van der Waals surface area contributed by atoms with E-state index < -0.39 is 21.5 Å². The van der Waals surface area contributed by atoms with E-state index in [2.05, 4.69) is 15.2 Å². The minimum Gasteiger partial charge on any atom is -0.378 e. The Morgan fingerprint density at radius 2 is 1.82 bits per heavy atom. The van der Waals surface area contributed by atoms with Crippen LogP contribution >= 0.6 is 0 Å². The highest BCUT2D eigenvalue weighted by atomic mass is 32.2. The van der Waals surface area contributed by atoms with Crippen molar-refractivity contribution in [2.75, 3.05) is 49.6 Å². The Bertz CT molecular complexity index is 1360. The van der Waals surface area contributed by atoms with Gasteiger partial charge in [-0.3, -0.25) is 9.59 Å². The topological polar surface area (TPSA) is 112 Å². The van der Waals surface area contributed by atoms with E-state index in [0.29, 0.717) is 42.9 Å². The van der Waals surface area contributed by atoms with Crippen LogP contribution in [0.15, 0.2) is 58.2 Å². The van der Waals surface area contributed by atoms with Crippen LogP contribution in [-0.4, -0.2) is 63.0 Å². The fourth-order valence-electron chi connectivity index (χ4n) is 4.09. The monoisotopic (exact) mass is 484 g/mol. The van der Waals surface area contributed by atoms with Gasteiger partial charge in [0, 0.05) is 54.5 Å². The molecule has 10 heteroatoms. The van der Waals surface area contributed by atoms with E-state index >= 15 is 0 Å². The van der Waals surface area contributed by atoms with Gasteiger partial charge in [-0.25, -0.2) is 8.42 Å². The number of rotatable bonds is 7. The maximum atomic E-state index is 13.2. The van der Waals surface area contributed by atoms with Gasteiger partial charge in [0.2, 0.25) is 15.6 Å². The zero-order valence-electron chi connectivity index (χ0n) is 19.2. The number of hydrogen-bond donors (Lipinski definition) is 2. The van der Waals surface area contributed by atoms with Crippen LogP contribution in [-0.2, 0) is 14.8 Å². The SMILES string of the molecule is CCN(CC)S(=O)(=O)c1ccc2[nH]c(=O)cc(C(=O)Nc3cccc(N4CCOCC4)c3)c2c1. The van der Waals surface area contributed by atoms with Crippen molar-refractivity contribution < 1.29 is 17.9 Å². The molecule has 0 bridgehead atoms. The third-order valence-corrected chi connectivity index (χ3v) is 7.93. The highest BCUT2D eigenvalue weighted by molar-refractivity contribution is 7.89. The summed E-state index contributed by atoms with van der Waals surface area (Å²) in [6, 6.07) is 13.1. The summed E-state index contributed by atoms with van der Waals surface area (Å²) in [7, 11) is -3.73. The molecule has 4 rings (SSSR count). The van der Waals surface area contributed by atoms with Crippen LogP contribution in [0.5, 0.6) is 0 Å². The molecule has 0 unspecified atom stereocenters. The predicted molar refractivity (Wildman–Crippen MR) is 132 cm³/mol. The van der Waals surface area contributed by atoms with Gasteiger partial charge in [0.05, 0.1) is 23.7 Å². The lowest BCUT2D eigenvalue weighted by molar-refractivity contribution is 0.102. The third-order valence-electron chi connectivity index (χ3n) is 5.88. The van der Waals surface area contributed by atoms with Crippen LogP contribution in [0.4, 0.5) is 11.4 Å². The van der Waals surface area contributed by atoms with Crippen molar-refractivity contribution in [2.45, 2.75) is 18.7 Å². The van der Waals surface area contributed by atoms with Crippen LogP contribution in [0.1, 0.15) is 24.2 Å². The molecule has 2 N–H and O–H groups in total. The van der Waals surface area contributed by atoms with Gasteiger partial charge >= 0.3 is 0 Å². The van der Waals surface area contributed by atoms with Gasteiger partial charge in [-0.2, -0.15) is 4.31 Å². The molecule has 1 aliphatic rings. The van der Waals surface area contributed by atoms with Crippen LogP contribution < -0.4 is 15.8 Å². The number of nitrogens with zero attached hydrogens (tertiary/aromatic N) is 2. The second-order valence-electron chi connectivity index (χ2n) is 7.95. The molecule has 1 aliphatic heterocycles. The van der Waals surface area contributed by atoms with E-state index in [0.717, 1.165) is 18.8 Å². The molecule has 0 radical (unpaired) electrons. The van der Waals surface area contributed by atoms with Gasteiger partial charge in [-0.15, -0.1) is 0 Å². The maximum absolute atomic E-state index is 13.2. The summed E-state index contributed by atoms with van der Waals surface area (Å²) in [5.74, 6) is -0.493. The Morgan fingerprint density at radius 1 is 1.09 bits per heavy atom. The number of anilines is 2. The fourth-order valence-corrected chi connectivity index (χ4v) is 5.58. The first kappa shape index (κ1) is 23.9. The number of aromatic nitrogens is 1. The Balaban J connectivity index is 1.69. The largest absolute Gasteiger partial charge is 0.378 e. The van der Waals surface area contributed by atoms with Crippen molar-refractivity contribution in [3.63, 3.8) is 0 Å². The molecule has 9 nitrogen and oxygen atoms in total. The van der Waals surface area contributed by atoms with E-state index in [1.807, 2.05) is 18.2 Å². The number of aromatic amines is 1. The van der Waals surface area contributed by atoms with Crippen LogP contribution in [0.2, 0.25) is 0 Å². The quantitative estimate of drug-likeness (QED) is 0.533. The van der Waals surface area contributed by atoms with Gasteiger partial charge in [0.15, 0.2) is 0 Å². The summed E-state index contributed by atoms with van der Waals surface area (Å²) >= 11 is 0. The zero-order chi connectivity index (χ0) is 24.3. The number of H-pyrrole nitrogens is 1. The van der Waals surface area contributed by atoms with Crippen molar-refractivity contribution in [1.82, 2.24) is 9.29 Å². The number of ether oxygens (including phenoxy) is 1. The summed E-state index contributed by atoms with van der Waals surface area (Å²) < 4.78 is 32.8. The molecule has 0 atom stereocenters. The minimum absolute atomic E-state index is 0.0686. The van der Waals surface area contributed by atoms with Crippen LogP contribution in [0.25, 0.3) is 10.9 Å². The van der Waals surface area contributed by atoms with E-state index in [-0.39, 0.29) is 10.5 Å². The number of benzene rings is 2. The van der Waals surface area contributed by atoms with E-state index in [4.69, 9.17) is 4.74 Å². The second-order valence-corrected chi connectivity index (χ2v) is 9.89.